The summed E-state index contributed by atoms with van der Waals surface area (Å²) in [6, 6.07) is 10.7. The molecule has 0 atom stereocenters. The summed E-state index contributed by atoms with van der Waals surface area (Å²) in [6.07, 6.45) is 1.80. The molecule has 1 N–H and O–H groups in total. The molecule has 0 bridgehead atoms. The van der Waals surface area contributed by atoms with Crippen molar-refractivity contribution < 1.29 is 13.2 Å². The van der Waals surface area contributed by atoms with E-state index in [-0.39, 0.29) is 5.91 Å². The average molecular weight is 409 g/mol. The first-order valence-electron chi connectivity index (χ1n) is 7.44. The van der Waals surface area contributed by atoms with Gasteiger partial charge in [0.05, 0.1) is 11.9 Å². The van der Waals surface area contributed by atoms with Gasteiger partial charge in [-0.05, 0) is 54.8 Å². The standard InChI is InChI=1S/C17H17BrN2O3S/c1-11-3-5-14(10-15(11)18)19-17(21)13-4-6-16-12(9-13)7-8-20(16)24(2,22)23/h3-6,9-10H,7-8H2,1-2H3,(H,19,21). The summed E-state index contributed by atoms with van der Waals surface area (Å²) in [5.41, 5.74) is 3.84. The number of anilines is 2. The SMILES string of the molecule is Cc1ccc(NC(=O)c2ccc3c(c2)CCN3S(C)(=O)=O)cc1Br. The topological polar surface area (TPSA) is 66.5 Å². The number of nitrogens with one attached hydrogen (secondary N) is 1. The number of hydrogen-bond acceptors (Lipinski definition) is 3. The molecule has 0 aliphatic carbocycles. The van der Waals surface area contributed by atoms with Crippen molar-refractivity contribution in [3.8, 4) is 0 Å². The Morgan fingerprint density at radius 2 is 1.96 bits per heavy atom. The molecule has 0 fully saturated rings. The highest BCUT2D eigenvalue weighted by Gasteiger charge is 2.26. The third-order valence-corrected chi connectivity index (χ3v) is 6.06. The largest absolute Gasteiger partial charge is 0.322 e. The van der Waals surface area contributed by atoms with Crippen LogP contribution in [-0.2, 0) is 16.4 Å². The lowest BCUT2D eigenvalue weighted by Crippen LogP contribution is -2.27. The Hall–Kier alpha value is -1.86. The molecule has 0 aromatic heterocycles. The number of carbonyl (C=O) groups excluding carboxylic acids is 1. The minimum Gasteiger partial charge on any atom is -0.322 e. The second-order valence-corrected chi connectivity index (χ2v) is 8.61. The van der Waals surface area contributed by atoms with Crippen LogP contribution in [0.1, 0.15) is 21.5 Å². The minimum absolute atomic E-state index is 0.216. The second kappa shape index (κ2) is 6.22. The monoisotopic (exact) mass is 408 g/mol. The molecule has 0 unspecified atom stereocenters. The summed E-state index contributed by atoms with van der Waals surface area (Å²) in [4.78, 5) is 12.4. The summed E-state index contributed by atoms with van der Waals surface area (Å²) in [6.45, 7) is 2.40. The van der Waals surface area contributed by atoms with Crippen molar-refractivity contribution in [1.82, 2.24) is 0 Å². The second-order valence-electron chi connectivity index (χ2n) is 5.85. The Morgan fingerprint density at radius 1 is 1.21 bits per heavy atom. The van der Waals surface area contributed by atoms with Crippen LogP contribution in [0.2, 0.25) is 0 Å². The van der Waals surface area contributed by atoms with Gasteiger partial charge in [-0.15, -0.1) is 0 Å². The molecule has 1 amide bonds. The van der Waals surface area contributed by atoms with Crippen molar-refractivity contribution in [2.24, 2.45) is 0 Å². The van der Waals surface area contributed by atoms with E-state index < -0.39 is 10.0 Å². The van der Waals surface area contributed by atoms with Crippen LogP contribution in [-0.4, -0.2) is 27.1 Å². The first-order chi connectivity index (χ1) is 11.3. The third kappa shape index (κ3) is 3.32. The van der Waals surface area contributed by atoms with Gasteiger partial charge >= 0.3 is 0 Å². The molecule has 0 radical (unpaired) electrons. The first kappa shape index (κ1) is 17.0. The molecular formula is C17H17BrN2O3S. The molecule has 0 saturated carbocycles. The highest BCUT2D eigenvalue weighted by molar-refractivity contribution is 9.10. The van der Waals surface area contributed by atoms with Crippen molar-refractivity contribution in [3.63, 3.8) is 0 Å². The molecule has 7 heteroatoms. The van der Waals surface area contributed by atoms with E-state index >= 15 is 0 Å². The highest BCUT2D eigenvalue weighted by Crippen LogP contribution is 2.31. The number of sulfonamides is 1. The minimum atomic E-state index is -3.28. The van der Waals surface area contributed by atoms with Crippen molar-refractivity contribution in [2.45, 2.75) is 13.3 Å². The molecule has 1 aliphatic heterocycles. The summed E-state index contributed by atoms with van der Waals surface area (Å²) < 4.78 is 25.8. The van der Waals surface area contributed by atoms with E-state index in [0.29, 0.717) is 29.9 Å². The van der Waals surface area contributed by atoms with Crippen molar-refractivity contribution in [3.05, 3.63) is 57.6 Å². The van der Waals surface area contributed by atoms with Gasteiger partial charge in [-0.3, -0.25) is 9.10 Å². The Kier molecular flexibility index (Phi) is 4.40. The molecule has 3 rings (SSSR count). The number of nitrogens with zero attached hydrogens (tertiary/aromatic N) is 1. The van der Waals surface area contributed by atoms with Crippen LogP contribution in [0.3, 0.4) is 0 Å². The van der Waals surface area contributed by atoms with Crippen LogP contribution in [0.4, 0.5) is 11.4 Å². The normalized spacial score (nSPS) is 13.7. The molecule has 1 aliphatic rings. The van der Waals surface area contributed by atoms with Gasteiger partial charge in [-0.1, -0.05) is 22.0 Å². The molecule has 1 heterocycles. The molecule has 24 heavy (non-hydrogen) atoms. The van der Waals surface area contributed by atoms with Crippen LogP contribution in [0.15, 0.2) is 40.9 Å². The Bertz CT molecular complexity index is 925. The van der Waals surface area contributed by atoms with E-state index in [1.807, 2.05) is 25.1 Å². The highest BCUT2D eigenvalue weighted by atomic mass is 79.9. The summed E-state index contributed by atoms with van der Waals surface area (Å²) in [5.74, 6) is -0.216. The predicted octanol–water partition coefficient (Wildman–Crippen LogP) is 3.33. The molecule has 2 aromatic rings. The van der Waals surface area contributed by atoms with Gasteiger partial charge in [0, 0.05) is 22.3 Å². The zero-order valence-corrected chi connectivity index (χ0v) is 15.7. The van der Waals surface area contributed by atoms with E-state index in [1.165, 1.54) is 10.6 Å². The fourth-order valence-corrected chi connectivity index (χ4v) is 4.07. The first-order valence-corrected chi connectivity index (χ1v) is 10.1. The summed E-state index contributed by atoms with van der Waals surface area (Å²) in [7, 11) is -3.28. The van der Waals surface area contributed by atoms with E-state index in [2.05, 4.69) is 21.2 Å². The Morgan fingerprint density at radius 3 is 2.62 bits per heavy atom. The van der Waals surface area contributed by atoms with Gasteiger partial charge in [0.15, 0.2) is 0 Å². The number of carbonyl (C=O) groups is 1. The zero-order valence-electron chi connectivity index (χ0n) is 13.3. The lowest BCUT2D eigenvalue weighted by Gasteiger charge is -2.16. The van der Waals surface area contributed by atoms with Crippen molar-refractivity contribution >= 4 is 43.2 Å². The Labute approximate surface area is 149 Å². The van der Waals surface area contributed by atoms with E-state index in [1.54, 1.807) is 18.2 Å². The molecule has 2 aromatic carbocycles. The average Bonchev–Trinajstić information content (AvgIpc) is 2.94. The number of fused-ring (bicyclic) bond motifs is 1. The third-order valence-electron chi connectivity index (χ3n) is 4.02. The van der Waals surface area contributed by atoms with Gasteiger partial charge in [0.25, 0.3) is 5.91 Å². The summed E-state index contributed by atoms with van der Waals surface area (Å²) in [5, 5.41) is 2.86. The van der Waals surface area contributed by atoms with Crippen LogP contribution in [0, 0.1) is 6.92 Å². The lowest BCUT2D eigenvalue weighted by molar-refractivity contribution is 0.102. The number of halogens is 1. The number of aryl methyl sites for hydroxylation is 1. The van der Waals surface area contributed by atoms with Gasteiger partial charge in [-0.25, -0.2) is 8.42 Å². The van der Waals surface area contributed by atoms with Crippen LogP contribution < -0.4 is 9.62 Å². The van der Waals surface area contributed by atoms with Crippen LogP contribution in [0.5, 0.6) is 0 Å². The zero-order chi connectivity index (χ0) is 17.5. The van der Waals surface area contributed by atoms with E-state index in [9.17, 15) is 13.2 Å². The van der Waals surface area contributed by atoms with E-state index in [4.69, 9.17) is 0 Å². The molecule has 0 saturated heterocycles. The molecule has 5 nitrogen and oxygen atoms in total. The van der Waals surface area contributed by atoms with Gasteiger partial charge in [0.2, 0.25) is 10.0 Å². The fourth-order valence-electron chi connectivity index (χ4n) is 2.73. The maximum atomic E-state index is 12.4. The maximum absolute atomic E-state index is 12.4. The van der Waals surface area contributed by atoms with Crippen molar-refractivity contribution in [1.29, 1.82) is 0 Å². The number of rotatable bonds is 3. The predicted molar refractivity (Wildman–Crippen MR) is 99.2 cm³/mol. The number of amides is 1. The quantitative estimate of drug-likeness (QED) is 0.846. The number of hydrogen-bond donors (Lipinski definition) is 1. The smallest absolute Gasteiger partial charge is 0.255 e. The van der Waals surface area contributed by atoms with Crippen LogP contribution >= 0.6 is 15.9 Å². The van der Waals surface area contributed by atoms with E-state index in [0.717, 1.165) is 15.6 Å². The molecule has 0 spiro atoms. The van der Waals surface area contributed by atoms with Gasteiger partial charge in [-0.2, -0.15) is 0 Å². The molecular weight excluding hydrogens is 392 g/mol. The maximum Gasteiger partial charge on any atom is 0.255 e. The van der Waals surface area contributed by atoms with Gasteiger partial charge < -0.3 is 5.32 Å². The van der Waals surface area contributed by atoms with Crippen molar-refractivity contribution in [2.75, 3.05) is 22.4 Å². The van der Waals surface area contributed by atoms with Crippen LogP contribution in [0.25, 0.3) is 0 Å². The van der Waals surface area contributed by atoms with Gasteiger partial charge in [0.1, 0.15) is 0 Å². The number of benzene rings is 2. The molecule has 126 valence electrons. The summed E-state index contributed by atoms with van der Waals surface area (Å²) >= 11 is 3.44. The lowest BCUT2D eigenvalue weighted by atomic mass is 10.1. The fraction of sp³-hybridized carbons (Fsp3) is 0.235. The Balaban J connectivity index is 1.83.